The van der Waals surface area contributed by atoms with E-state index in [2.05, 4.69) is 29.1 Å². The number of nitrogens with zero attached hydrogens (tertiary/aromatic N) is 3. The topological polar surface area (TPSA) is 120 Å². The van der Waals surface area contributed by atoms with E-state index in [4.69, 9.17) is 14.5 Å². The third-order valence-electron chi connectivity index (χ3n) is 7.67. The van der Waals surface area contributed by atoms with Gasteiger partial charge in [-0.1, -0.05) is 20.8 Å². The summed E-state index contributed by atoms with van der Waals surface area (Å²) in [5.41, 5.74) is 2.28. The van der Waals surface area contributed by atoms with Crippen LogP contribution >= 0.6 is 0 Å². The number of sulfone groups is 1. The largest absolute Gasteiger partial charge is 0.474 e. The first-order valence-electron chi connectivity index (χ1n) is 12.7. The van der Waals surface area contributed by atoms with Crippen LogP contribution in [-0.4, -0.2) is 53.1 Å². The van der Waals surface area contributed by atoms with E-state index in [1.807, 2.05) is 26.1 Å². The fraction of sp³-hybridized carbons (Fsp3) is 0.481. The number of hydrogen-bond donors (Lipinski definition) is 1. The smallest absolute Gasteiger partial charge is 0.340 e. The highest BCUT2D eigenvalue weighted by Gasteiger charge is 2.38. The van der Waals surface area contributed by atoms with E-state index < -0.39 is 9.84 Å². The highest BCUT2D eigenvalue weighted by Crippen LogP contribution is 2.37. The molecule has 3 atom stereocenters. The summed E-state index contributed by atoms with van der Waals surface area (Å²) >= 11 is 0. The molecule has 2 unspecified atom stereocenters. The van der Waals surface area contributed by atoms with E-state index in [0.29, 0.717) is 41.6 Å². The average molecular weight is 525 g/mol. The minimum atomic E-state index is -3.06. The highest BCUT2D eigenvalue weighted by atomic mass is 32.2. The Labute approximate surface area is 216 Å². The monoisotopic (exact) mass is 524 g/mol. The SMILES string of the molecule is CCC(C)c1cnc(OC2CC(S(C)(=O)=O)C2)c2cnc(Nc3ccc4c(n3)C(C)[C@H](C)OC4=O)cc12. The standard InChI is InChI=1S/C27H32N4O5S/c1-6-14(2)21-12-29-26(36-17-9-18(10-17)37(5,33)34)22-13-28-24(11-20(21)22)30-23-8-7-19-25(31-23)15(3)16(4)35-27(19)32/h7-8,11-18H,6,9-10H2,1-5H3,(H,28,30,31)/t14?,15?,16-,17?,18?/m0/s1. The molecule has 4 heterocycles. The van der Waals surface area contributed by atoms with Crippen molar-refractivity contribution in [1.82, 2.24) is 15.0 Å². The Morgan fingerprint density at radius 1 is 1.14 bits per heavy atom. The van der Waals surface area contributed by atoms with Gasteiger partial charge in [-0.25, -0.2) is 28.2 Å². The van der Waals surface area contributed by atoms with Gasteiger partial charge in [0.05, 0.1) is 21.9 Å². The van der Waals surface area contributed by atoms with Gasteiger partial charge in [-0.05, 0) is 48.4 Å². The number of anilines is 2. The molecule has 1 N–H and O–H groups in total. The maximum absolute atomic E-state index is 12.2. The molecule has 5 rings (SSSR count). The molecule has 0 bridgehead atoms. The van der Waals surface area contributed by atoms with Gasteiger partial charge in [0.25, 0.3) is 0 Å². The summed E-state index contributed by atoms with van der Waals surface area (Å²) in [4.78, 5) is 26.1. The van der Waals surface area contributed by atoms with Crippen LogP contribution in [0.5, 0.6) is 5.88 Å². The lowest BCUT2D eigenvalue weighted by atomic mass is 9.94. The van der Waals surface area contributed by atoms with Crippen LogP contribution in [0.15, 0.2) is 30.6 Å². The van der Waals surface area contributed by atoms with Crippen LogP contribution in [-0.2, 0) is 14.6 Å². The van der Waals surface area contributed by atoms with Gasteiger partial charge in [-0.2, -0.15) is 0 Å². The lowest BCUT2D eigenvalue weighted by molar-refractivity contribution is 0.0235. The van der Waals surface area contributed by atoms with Gasteiger partial charge in [0, 0.05) is 37.4 Å². The summed E-state index contributed by atoms with van der Waals surface area (Å²) in [6.45, 7) is 8.15. The number of aromatic nitrogens is 3. The first-order chi connectivity index (χ1) is 17.5. The van der Waals surface area contributed by atoms with Crippen LogP contribution in [0, 0.1) is 0 Å². The number of carbonyl (C=O) groups excluding carboxylic acids is 1. The molecular weight excluding hydrogens is 492 g/mol. The van der Waals surface area contributed by atoms with E-state index in [9.17, 15) is 13.2 Å². The predicted octanol–water partition coefficient (Wildman–Crippen LogP) is 4.90. The Kier molecular flexibility index (Phi) is 6.55. The molecule has 0 radical (unpaired) electrons. The maximum atomic E-state index is 12.2. The highest BCUT2D eigenvalue weighted by molar-refractivity contribution is 7.91. The van der Waals surface area contributed by atoms with Gasteiger partial charge in [-0.3, -0.25) is 0 Å². The number of fused-ring (bicyclic) bond motifs is 2. The minimum Gasteiger partial charge on any atom is -0.474 e. The fourth-order valence-corrected chi connectivity index (χ4v) is 5.91. The molecule has 0 spiro atoms. The molecule has 1 saturated carbocycles. The third-order valence-corrected chi connectivity index (χ3v) is 9.27. The molecule has 1 aliphatic carbocycles. The summed E-state index contributed by atoms with van der Waals surface area (Å²) in [6.07, 6.45) is 6.30. The Hall–Kier alpha value is -3.27. The van der Waals surface area contributed by atoms with Gasteiger partial charge in [0.15, 0.2) is 9.84 Å². The molecular formula is C27H32N4O5S. The van der Waals surface area contributed by atoms with Crippen molar-refractivity contribution in [2.75, 3.05) is 11.6 Å². The van der Waals surface area contributed by atoms with Crippen LogP contribution in [0.25, 0.3) is 10.8 Å². The third kappa shape index (κ3) is 4.86. The molecule has 0 saturated heterocycles. The molecule has 0 amide bonds. The number of pyridine rings is 3. The van der Waals surface area contributed by atoms with Crippen molar-refractivity contribution in [1.29, 1.82) is 0 Å². The van der Waals surface area contributed by atoms with Crippen LogP contribution in [0.1, 0.15) is 80.4 Å². The van der Waals surface area contributed by atoms with E-state index in [1.54, 1.807) is 18.3 Å². The number of nitrogens with one attached hydrogen (secondary N) is 1. The molecule has 196 valence electrons. The van der Waals surface area contributed by atoms with Crippen molar-refractivity contribution < 1.29 is 22.7 Å². The van der Waals surface area contributed by atoms with Crippen LogP contribution in [0.2, 0.25) is 0 Å². The average Bonchev–Trinajstić information content (AvgIpc) is 2.83. The predicted molar refractivity (Wildman–Crippen MR) is 141 cm³/mol. The maximum Gasteiger partial charge on any atom is 0.340 e. The van der Waals surface area contributed by atoms with Crippen molar-refractivity contribution in [3.05, 3.63) is 47.4 Å². The Morgan fingerprint density at radius 3 is 2.59 bits per heavy atom. The second kappa shape index (κ2) is 9.55. The summed E-state index contributed by atoms with van der Waals surface area (Å²) in [6, 6.07) is 5.45. The normalized spacial score (nSPS) is 24.1. The fourth-order valence-electron chi connectivity index (χ4n) is 4.78. The molecule has 1 aliphatic heterocycles. The number of cyclic esters (lactones) is 1. The molecule has 9 nitrogen and oxygen atoms in total. The second-order valence-corrected chi connectivity index (χ2v) is 12.6. The van der Waals surface area contributed by atoms with Crippen LogP contribution < -0.4 is 10.1 Å². The van der Waals surface area contributed by atoms with Gasteiger partial charge >= 0.3 is 5.97 Å². The summed E-state index contributed by atoms with van der Waals surface area (Å²) in [5.74, 6) is 1.57. The van der Waals surface area contributed by atoms with Crippen molar-refractivity contribution in [3.63, 3.8) is 0 Å². The lowest BCUT2D eigenvalue weighted by Crippen LogP contribution is -2.42. The first kappa shape index (κ1) is 25.4. The molecule has 3 aromatic rings. The first-order valence-corrected chi connectivity index (χ1v) is 14.6. The zero-order valence-electron chi connectivity index (χ0n) is 21.7. The van der Waals surface area contributed by atoms with Gasteiger partial charge < -0.3 is 14.8 Å². The van der Waals surface area contributed by atoms with Crippen LogP contribution in [0.3, 0.4) is 0 Å². The Morgan fingerprint density at radius 2 is 1.89 bits per heavy atom. The Bertz CT molecular complexity index is 1470. The van der Waals surface area contributed by atoms with Crippen LogP contribution in [0.4, 0.5) is 11.6 Å². The molecule has 10 heteroatoms. The van der Waals surface area contributed by atoms with Gasteiger partial charge in [0.1, 0.15) is 23.8 Å². The molecule has 1 fully saturated rings. The number of rotatable bonds is 7. The summed E-state index contributed by atoms with van der Waals surface area (Å²) in [7, 11) is -3.06. The molecule has 37 heavy (non-hydrogen) atoms. The number of carbonyl (C=O) groups is 1. The Balaban J connectivity index is 1.45. The lowest BCUT2D eigenvalue weighted by Gasteiger charge is -2.33. The van der Waals surface area contributed by atoms with Crippen molar-refractivity contribution in [3.8, 4) is 5.88 Å². The summed E-state index contributed by atoms with van der Waals surface area (Å²) < 4.78 is 35.1. The zero-order chi connectivity index (χ0) is 26.5. The van der Waals surface area contributed by atoms with Crippen molar-refractivity contribution >= 4 is 38.2 Å². The van der Waals surface area contributed by atoms with Crippen molar-refractivity contribution in [2.45, 2.75) is 76.3 Å². The molecule has 2 aliphatic rings. The molecule has 3 aromatic heterocycles. The van der Waals surface area contributed by atoms with E-state index >= 15 is 0 Å². The second-order valence-electron chi connectivity index (χ2n) is 10.3. The number of esters is 1. The van der Waals surface area contributed by atoms with Gasteiger partial charge in [0.2, 0.25) is 5.88 Å². The van der Waals surface area contributed by atoms with E-state index in [1.165, 1.54) is 6.26 Å². The zero-order valence-corrected chi connectivity index (χ0v) is 22.5. The minimum absolute atomic E-state index is 0.0180. The van der Waals surface area contributed by atoms with E-state index in [-0.39, 0.29) is 35.3 Å². The van der Waals surface area contributed by atoms with E-state index in [0.717, 1.165) is 22.8 Å². The quantitative estimate of drug-likeness (QED) is 0.430. The number of hydrogen-bond acceptors (Lipinski definition) is 9. The molecule has 0 aromatic carbocycles. The van der Waals surface area contributed by atoms with Crippen molar-refractivity contribution in [2.24, 2.45) is 0 Å². The summed E-state index contributed by atoms with van der Waals surface area (Å²) in [5, 5.41) is 4.69. The number of ether oxygens (including phenoxy) is 2. The van der Waals surface area contributed by atoms with Gasteiger partial charge in [-0.15, -0.1) is 0 Å².